The maximum Gasteiger partial charge on any atom is 0.248 e. The summed E-state index contributed by atoms with van der Waals surface area (Å²) < 4.78 is 5.81. The summed E-state index contributed by atoms with van der Waals surface area (Å²) in [7, 11) is 0. The number of nitrogens with zero attached hydrogens (tertiary/aromatic N) is 2. The molecular weight excluding hydrogens is 286 g/mol. The molecule has 4 heteroatoms. The van der Waals surface area contributed by atoms with Crippen LogP contribution in [0.4, 0.5) is 5.69 Å². The highest BCUT2D eigenvalue weighted by molar-refractivity contribution is 5.62. The van der Waals surface area contributed by atoms with E-state index in [0.29, 0.717) is 11.8 Å². The molecule has 0 atom stereocenters. The lowest BCUT2D eigenvalue weighted by Gasteiger charge is -2.18. The van der Waals surface area contributed by atoms with Gasteiger partial charge >= 0.3 is 0 Å². The maximum atomic E-state index is 5.85. The lowest BCUT2D eigenvalue weighted by Crippen LogP contribution is -2.10. The number of hydrogen-bond donors (Lipinski definition) is 1. The second kappa shape index (κ2) is 5.54. The SMILES string of the molecule is Cc1cc(-c2nnc(-c3ccc(C(C)(C)C)cc3)o2)ccc1N. The van der Waals surface area contributed by atoms with Gasteiger partial charge in [0.2, 0.25) is 11.8 Å². The standard InChI is InChI=1S/C19H21N3O/c1-12-11-14(7-10-16(12)20)18-22-21-17(23-18)13-5-8-15(9-6-13)19(2,3)4/h5-11H,20H2,1-4H3. The van der Waals surface area contributed by atoms with Crippen LogP contribution in [0, 0.1) is 6.92 Å². The van der Waals surface area contributed by atoms with Gasteiger partial charge < -0.3 is 10.2 Å². The number of anilines is 1. The van der Waals surface area contributed by atoms with E-state index in [2.05, 4.69) is 43.1 Å². The van der Waals surface area contributed by atoms with Crippen molar-refractivity contribution >= 4 is 5.69 Å². The first-order chi connectivity index (χ1) is 10.8. The molecule has 1 aromatic heterocycles. The van der Waals surface area contributed by atoms with Crippen LogP contribution in [0.25, 0.3) is 22.9 Å². The molecule has 0 saturated heterocycles. The molecule has 0 saturated carbocycles. The Morgan fingerprint density at radius 2 is 1.43 bits per heavy atom. The molecule has 0 unspecified atom stereocenters. The quantitative estimate of drug-likeness (QED) is 0.703. The van der Waals surface area contributed by atoms with Gasteiger partial charge in [0.1, 0.15) is 0 Å². The third kappa shape index (κ3) is 3.11. The average molecular weight is 307 g/mol. The number of nitrogens with two attached hydrogens (primary N) is 1. The van der Waals surface area contributed by atoms with Gasteiger partial charge in [-0.3, -0.25) is 0 Å². The summed E-state index contributed by atoms with van der Waals surface area (Å²) in [5, 5.41) is 8.31. The van der Waals surface area contributed by atoms with Crippen molar-refractivity contribution in [3.05, 3.63) is 53.6 Å². The predicted octanol–water partition coefficient (Wildman–Crippen LogP) is 4.59. The molecule has 0 aliphatic carbocycles. The molecule has 23 heavy (non-hydrogen) atoms. The fourth-order valence-electron chi connectivity index (χ4n) is 2.38. The van der Waals surface area contributed by atoms with E-state index < -0.39 is 0 Å². The van der Waals surface area contributed by atoms with Gasteiger partial charge in [-0.15, -0.1) is 10.2 Å². The Hall–Kier alpha value is -2.62. The number of aromatic nitrogens is 2. The smallest absolute Gasteiger partial charge is 0.248 e. The highest BCUT2D eigenvalue weighted by Crippen LogP contribution is 2.28. The highest BCUT2D eigenvalue weighted by Gasteiger charge is 2.15. The number of nitrogen functional groups attached to an aromatic ring is 1. The molecule has 0 aliphatic heterocycles. The molecule has 118 valence electrons. The molecule has 0 amide bonds. The molecule has 3 rings (SSSR count). The van der Waals surface area contributed by atoms with E-state index in [1.807, 2.05) is 37.3 Å². The van der Waals surface area contributed by atoms with E-state index in [0.717, 1.165) is 22.4 Å². The minimum Gasteiger partial charge on any atom is -0.416 e. The normalized spacial score (nSPS) is 11.7. The minimum absolute atomic E-state index is 0.125. The van der Waals surface area contributed by atoms with Gasteiger partial charge in [0.05, 0.1) is 0 Å². The number of aryl methyl sites for hydroxylation is 1. The Morgan fingerprint density at radius 3 is 2.00 bits per heavy atom. The molecule has 0 bridgehead atoms. The van der Waals surface area contributed by atoms with Gasteiger partial charge in [0, 0.05) is 16.8 Å². The topological polar surface area (TPSA) is 64.9 Å². The summed E-state index contributed by atoms with van der Waals surface area (Å²) >= 11 is 0. The van der Waals surface area contributed by atoms with Crippen LogP contribution in [0.15, 0.2) is 46.9 Å². The van der Waals surface area contributed by atoms with Crippen molar-refractivity contribution in [1.29, 1.82) is 0 Å². The lowest BCUT2D eigenvalue weighted by atomic mass is 9.87. The third-order valence-electron chi connectivity index (χ3n) is 3.94. The van der Waals surface area contributed by atoms with Crippen molar-refractivity contribution in [1.82, 2.24) is 10.2 Å². The first-order valence-electron chi connectivity index (χ1n) is 7.65. The van der Waals surface area contributed by atoms with Crippen LogP contribution in [0.5, 0.6) is 0 Å². The zero-order valence-corrected chi connectivity index (χ0v) is 13.9. The number of rotatable bonds is 2. The van der Waals surface area contributed by atoms with Crippen LogP contribution in [0.2, 0.25) is 0 Å². The number of benzene rings is 2. The number of hydrogen-bond acceptors (Lipinski definition) is 4. The van der Waals surface area contributed by atoms with Crippen molar-refractivity contribution in [2.75, 3.05) is 5.73 Å². The van der Waals surface area contributed by atoms with Crippen LogP contribution in [0.1, 0.15) is 31.9 Å². The van der Waals surface area contributed by atoms with Gasteiger partial charge in [-0.2, -0.15) is 0 Å². The molecule has 4 nitrogen and oxygen atoms in total. The molecule has 0 spiro atoms. The second-order valence-electron chi connectivity index (χ2n) is 6.81. The lowest BCUT2D eigenvalue weighted by molar-refractivity contribution is 0.582. The fraction of sp³-hybridized carbons (Fsp3) is 0.263. The molecule has 1 heterocycles. The first kappa shape index (κ1) is 15.3. The van der Waals surface area contributed by atoms with E-state index in [1.165, 1.54) is 5.56 Å². The molecular formula is C19H21N3O. The van der Waals surface area contributed by atoms with Crippen LogP contribution in [0.3, 0.4) is 0 Å². The van der Waals surface area contributed by atoms with E-state index in [4.69, 9.17) is 10.2 Å². The van der Waals surface area contributed by atoms with E-state index in [-0.39, 0.29) is 5.41 Å². The summed E-state index contributed by atoms with van der Waals surface area (Å²) in [5.41, 5.74) is 10.8. The van der Waals surface area contributed by atoms with Crippen LogP contribution in [-0.4, -0.2) is 10.2 Å². The monoisotopic (exact) mass is 307 g/mol. The zero-order valence-electron chi connectivity index (χ0n) is 13.9. The van der Waals surface area contributed by atoms with Crippen molar-refractivity contribution in [2.24, 2.45) is 0 Å². The van der Waals surface area contributed by atoms with Crippen LogP contribution in [-0.2, 0) is 5.41 Å². The van der Waals surface area contributed by atoms with Gasteiger partial charge in [-0.05, 0) is 53.8 Å². The van der Waals surface area contributed by atoms with Crippen molar-refractivity contribution in [3.63, 3.8) is 0 Å². The third-order valence-corrected chi connectivity index (χ3v) is 3.94. The molecule has 0 aliphatic rings. The van der Waals surface area contributed by atoms with Crippen LogP contribution < -0.4 is 5.73 Å². The summed E-state index contributed by atoms with van der Waals surface area (Å²) in [4.78, 5) is 0. The molecule has 0 fully saturated rings. The Labute approximate surface area is 136 Å². The summed E-state index contributed by atoms with van der Waals surface area (Å²) in [6.45, 7) is 8.53. The minimum atomic E-state index is 0.125. The first-order valence-corrected chi connectivity index (χ1v) is 7.65. The largest absolute Gasteiger partial charge is 0.416 e. The van der Waals surface area contributed by atoms with E-state index in [9.17, 15) is 0 Å². The van der Waals surface area contributed by atoms with Crippen LogP contribution >= 0.6 is 0 Å². The van der Waals surface area contributed by atoms with Gasteiger partial charge in [0.25, 0.3) is 0 Å². The zero-order chi connectivity index (χ0) is 16.6. The summed E-state index contributed by atoms with van der Waals surface area (Å²) in [6, 6.07) is 13.9. The highest BCUT2D eigenvalue weighted by atomic mass is 16.4. The maximum absolute atomic E-state index is 5.85. The van der Waals surface area contributed by atoms with Crippen molar-refractivity contribution < 1.29 is 4.42 Å². The molecule has 2 N–H and O–H groups in total. The summed E-state index contributed by atoms with van der Waals surface area (Å²) in [6.07, 6.45) is 0. The van der Waals surface area contributed by atoms with E-state index in [1.54, 1.807) is 0 Å². The Kier molecular flexibility index (Phi) is 3.68. The predicted molar refractivity (Wildman–Crippen MR) is 93.0 cm³/mol. The summed E-state index contributed by atoms with van der Waals surface area (Å²) in [5.74, 6) is 1.03. The van der Waals surface area contributed by atoms with Crippen molar-refractivity contribution in [2.45, 2.75) is 33.1 Å². The fourth-order valence-corrected chi connectivity index (χ4v) is 2.38. The Balaban J connectivity index is 1.91. The average Bonchev–Trinajstić information content (AvgIpc) is 2.99. The van der Waals surface area contributed by atoms with Gasteiger partial charge in [-0.1, -0.05) is 32.9 Å². The molecule has 0 radical (unpaired) electrons. The van der Waals surface area contributed by atoms with Crippen molar-refractivity contribution in [3.8, 4) is 22.9 Å². The van der Waals surface area contributed by atoms with E-state index >= 15 is 0 Å². The van der Waals surface area contributed by atoms with Gasteiger partial charge in [0.15, 0.2) is 0 Å². The van der Waals surface area contributed by atoms with Gasteiger partial charge in [-0.25, -0.2) is 0 Å². The Bertz CT molecular complexity index is 827. The Morgan fingerprint density at radius 1 is 0.870 bits per heavy atom. The molecule has 3 aromatic rings. The second-order valence-corrected chi connectivity index (χ2v) is 6.81. The molecule has 2 aromatic carbocycles.